The van der Waals surface area contributed by atoms with Crippen molar-refractivity contribution in [2.45, 2.75) is 56.9 Å². The molecule has 0 aliphatic heterocycles. The van der Waals surface area contributed by atoms with Gasteiger partial charge >= 0.3 is 154 Å². The molecule has 0 heterocycles. The predicted octanol–water partition coefficient (Wildman–Crippen LogP) is -5.79. The van der Waals surface area contributed by atoms with Crippen LogP contribution in [0.3, 0.4) is 0 Å². The van der Waals surface area contributed by atoms with E-state index in [-0.39, 0.29) is 161 Å². The Morgan fingerprint density at radius 2 is 1.19 bits per heavy atom. The van der Waals surface area contributed by atoms with Gasteiger partial charge in [-0.25, -0.2) is 8.42 Å². The van der Waals surface area contributed by atoms with Gasteiger partial charge in [0.05, 0.1) is 4.99 Å². The molecule has 6 nitrogen and oxygen atoms in total. The average molecular weight is 555 g/mol. The van der Waals surface area contributed by atoms with E-state index in [1.54, 1.807) is 0 Å². The van der Waals surface area contributed by atoms with E-state index in [2.05, 4.69) is 31.2 Å². The number of rotatable bonds is 11. The number of aryl methyl sites for hydroxylation is 2. The number of unbranched alkanes of at least 4 members (excludes halogenated alkanes) is 2. The van der Waals surface area contributed by atoms with Gasteiger partial charge in [0.15, 0.2) is 0 Å². The number of hydrogen-bond donors (Lipinski definition) is 0. The van der Waals surface area contributed by atoms with Gasteiger partial charge in [-0.05, 0) is 54.4 Å². The first-order valence-corrected chi connectivity index (χ1v) is 12.8. The second-order valence-electron chi connectivity index (χ2n) is 7.23. The van der Waals surface area contributed by atoms with Gasteiger partial charge in [-0.1, -0.05) is 75.9 Å². The molecule has 0 N–H and O–H groups in total. The molecule has 0 radical (unpaired) electrons. The summed E-state index contributed by atoms with van der Waals surface area (Å²) >= 11 is 0. The van der Waals surface area contributed by atoms with Gasteiger partial charge in [-0.15, -0.1) is 0 Å². The maximum absolute atomic E-state index is 11.0. The molecule has 1 unspecified atom stereocenters. The van der Waals surface area contributed by atoms with Crippen molar-refractivity contribution >= 4 is 17.7 Å². The van der Waals surface area contributed by atoms with Crippen molar-refractivity contribution in [3.05, 3.63) is 59.7 Å². The van der Waals surface area contributed by atoms with Crippen molar-refractivity contribution in [2.24, 2.45) is 0 Å². The third-order valence-corrected chi connectivity index (χ3v) is 8.33. The van der Waals surface area contributed by atoms with E-state index < -0.39 is 29.1 Å². The summed E-state index contributed by atoms with van der Waals surface area (Å²) in [6, 6.07) is 16.1. The molecule has 0 aromatic heterocycles. The third kappa shape index (κ3) is 13.8. The molecule has 32 heavy (non-hydrogen) atoms. The van der Waals surface area contributed by atoms with Gasteiger partial charge in [-0.3, -0.25) is 0 Å². The molecule has 1 atom stereocenters. The molecular formula is C21H26K3O6PS. The first kappa shape index (κ1) is 37.6. The van der Waals surface area contributed by atoms with E-state index >= 15 is 0 Å². The van der Waals surface area contributed by atoms with E-state index in [1.165, 1.54) is 24.8 Å². The zero-order chi connectivity index (χ0) is 21.5. The molecule has 11 heteroatoms. The van der Waals surface area contributed by atoms with Crippen LogP contribution < -0.4 is 164 Å². The van der Waals surface area contributed by atoms with Crippen LogP contribution in [0.2, 0.25) is 0 Å². The van der Waals surface area contributed by atoms with E-state index in [1.807, 2.05) is 24.3 Å². The van der Waals surface area contributed by atoms with Crippen molar-refractivity contribution in [3.8, 4) is 11.1 Å². The minimum absolute atomic E-state index is 0. The quantitative estimate of drug-likeness (QED) is 0.118. The Bertz CT molecular complexity index is 931. The maximum atomic E-state index is 11.0. The van der Waals surface area contributed by atoms with Gasteiger partial charge < -0.3 is 18.9 Å². The van der Waals surface area contributed by atoms with E-state index in [0.717, 1.165) is 23.1 Å². The van der Waals surface area contributed by atoms with Crippen LogP contribution >= 0.6 is 7.60 Å². The molecule has 0 bridgehead atoms. The van der Waals surface area contributed by atoms with E-state index in [9.17, 15) is 27.3 Å². The molecule has 0 fully saturated rings. The van der Waals surface area contributed by atoms with Crippen LogP contribution in [0.1, 0.15) is 50.2 Å². The van der Waals surface area contributed by atoms with Crippen molar-refractivity contribution in [1.29, 1.82) is 0 Å². The Labute approximate surface area is 319 Å². The first-order valence-electron chi connectivity index (χ1n) is 9.76. The summed E-state index contributed by atoms with van der Waals surface area (Å²) in [6.45, 7) is 2.18. The monoisotopic (exact) mass is 554 g/mol. The zero-order valence-corrected chi connectivity index (χ0v) is 30.5. The largest absolute Gasteiger partial charge is 1.00 e. The van der Waals surface area contributed by atoms with Crippen LogP contribution in [-0.2, 0) is 27.5 Å². The zero-order valence-electron chi connectivity index (χ0n) is 19.5. The molecule has 160 valence electrons. The predicted molar refractivity (Wildman–Crippen MR) is 109 cm³/mol. The first-order chi connectivity index (χ1) is 13.6. The van der Waals surface area contributed by atoms with Crippen molar-refractivity contribution < 1.29 is 181 Å². The maximum Gasteiger partial charge on any atom is 1.00 e. The van der Waals surface area contributed by atoms with Crippen molar-refractivity contribution in [1.82, 2.24) is 0 Å². The topological polar surface area (TPSA) is 120 Å². The summed E-state index contributed by atoms with van der Waals surface area (Å²) in [6.07, 6.45) is 4.70. The van der Waals surface area contributed by atoms with Crippen LogP contribution in [-0.4, -0.2) is 18.0 Å². The van der Waals surface area contributed by atoms with Crippen LogP contribution in [0.25, 0.3) is 11.1 Å². The summed E-state index contributed by atoms with van der Waals surface area (Å²) in [7, 11) is -10.6. The molecule has 0 aliphatic carbocycles. The van der Waals surface area contributed by atoms with Crippen LogP contribution in [0.4, 0.5) is 0 Å². The second-order valence-corrected chi connectivity index (χ2v) is 10.8. The smallest absolute Gasteiger partial charge is 0.810 e. The Morgan fingerprint density at radius 1 is 0.781 bits per heavy atom. The summed E-state index contributed by atoms with van der Waals surface area (Å²) in [4.78, 5) is 19.6. The summed E-state index contributed by atoms with van der Waals surface area (Å²) in [5, 5.41) is 0. The fourth-order valence-corrected chi connectivity index (χ4v) is 5.47. The molecule has 0 amide bonds. The number of hydrogen-bond acceptors (Lipinski definition) is 6. The molecule has 2 rings (SSSR count). The van der Waals surface area contributed by atoms with E-state index in [4.69, 9.17) is 0 Å². The molecule has 2 aromatic rings. The third-order valence-electron chi connectivity index (χ3n) is 4.91. The fourth-order valence-electron chi connectivity index (χ4n) is 3.25. The molecule has 0 aliphatic rings. The second kappa shape index (κ2) is 18.6. The molecule has 0 spiro atoms. The van der Waals surface area contributed by atoms with Gasteiger partial charge in [0.1, 0.15) is 10.1 Å². The summed E-state index contributed by atoms with van der Waals surface area (Å²) in [5.41, 5.74) is 4.32. The van der Waals surface area contributed by atoms with Gasteiger partial charge in [-0.2, -0.15) is 0 Å². The Hall–Kier alpha value is 3.41. The Morgan fingerprint density at radius 3 is 1.53 bits per heavy atom. The molecule has 0 saturated carbocycles. The van der Waals surface area contributed by atoms with E-state index in [0.29, 0.717) is 6.42 Å². The SMILES string of the molecule is CCCCCc1ccc(-c2ccc(CCCC(P(=O)([O-])[O-])S(=O)(=O)[O-])cc2)cc1.[K+].[K+].[K+]. The molecule has 2 aromatic carbocycles. The standard InChI is InChI=1S/C21H29O6PS.3K/c1-2-3-4-6-17-9-13-19(14-10-17)20-15-11-18(12-16-20)7-5-8-21(28(22,23)24)29(25,26)27;;;/h9-16,21H,2-8H2,1H3,(H2,22,23,24)(H,25,26,27);;;/q;3*+1/p-3. The molecule has 0 saturated heterocycles. The normalized spacial score (nSPS) is 12.1. The van der Waals surface area contributed by atoms with Crippen LogP contribution in [0, 0.1) is 0 Å². The Balaban J connectivity index is 0. The summed E-state index contributed by atoms with van der Waals surface area (Å²) < 4.78 is 44.0. The minimum Gasteiger partial charge on any atom is -0.810 e. The van der Waals surface area contributed by atoms with Crippen LogP contribution in [0.15, 0.2) is 48.5 Å². The van der Waals surface area contributed by atoms with Crippen molar-refractivity contribution in [3.63, 3.8) is 0 Å². The van der Waals surface area contributed by atoms with Gasteiger partial charge in [0.25, 0.3) is 0 Å². The summed E-state index contributed by atoms with van der Waals surface area (Å²) in [5.74, 6) is 0. The van der Waals surface area contributed by atoms with Gasteiger partial charge in [0.2, 0.25) is 0 Å². The Kier molecular flexibility index (Phi) is 21.9. The van der Waals surface area contributed by atoms with Gasteiger partial charge in [0, 0.05) is 0 Å². The minimum atomic E-state index is -5.48. The number of benzene rings is 2. The van der Waals surface area contributed by atoms with Crippen LogP contribution in [0.5, 0.6) is 0 Å². The average Bonchev–Trinajstić information content (AvgIpc) is 2.64. The molecular weight excluding hydrogens is 529 g/mol. The van der Waals surface area contributed by atoms with Crippen molar-refractivity contribution in [2.75, 3.05) is 0 Å². The fraction of sp³-hybridized carbons (Fsp3) is 0.429.